The minimum Gasteiger partial charge on any atom is -0.497 e. The lowest BCUT2D eigenvalue weighted by Crippen LogP contribution is -2.19. The molecule has 0 spiro atoms. The molecule has 3 aromatic carbocycles. The molecule has 0 unspecified atom stereocenters. The fourth-order valence-electron chi connectivity index (χ4n) is 3.45. The molecule has 0 aliphatic heterocycles. The fraction of sp³-hybridized carbons (Fsp3) is 0.120. The molecule has 0 atom stereocenters. The third-order valence-electron chi connectivity index (χ3n) is 5.17. The van der Waals surface area contributed by atoms with Crippen LogP contribution in [0.15, 0.2) is 82.6 Å². The second kappa shape index (κ2) is 8.66. The van der Waals surface area contributed by atoms with Crippen LogP contribution in [-0.2, 0) is 0 Å². The van der Waals surface area contributed by atoms with E-state index in [1.165, 1.54) is 4.68 Å². The van der Waals surface area contributed by atoms with E-state index in [2.05, 4.69) is 5.10 Å². The Kier molecular flexibility index (Phi) is 5.78. The summed E-state index contributed by atoms with van der Waals surface area (Å²) in [7, 11) is 1.61. The van der Waals surface area contributed by atoms with Gasteiger partial charge in [0.05, 0.1) is 35.5 Å². The molecule has 156 valence electrons. The summed E-state index contributed by atoms with van der Waals surface area (Å²) in [5, 5.41) is 3.91. The van der Waals surface area contributed by atoms with Crippen LogP contribution in [0.2, 0.25) is 5.02 Å². The Labute approximate surface area is 185 Å². The summed E-state index contributed by atoms with van der Waals surface area (Å²) in [6.07, 6.45) is 0. The standard InChI is InChI=1S/C25H22ClN3O2/c1-16-21(26)10-7-11-22(16)27-17(2)23-24(18-8-5-4-6-9-18)28-29(25(23)30)19-12-14-20(31-3)15-13-19/h4-15,28H,1-3H3. The summed E-state index contributed by atoms with van der Waals surface area (Å²) in [4.78, 5) is 18.2. The number of benzene rings is 3. The van der Waals surface area contributed by atoms with Gasteiger partial charge < -0.3 is 4.74 Å². The van der Waals surface area contributed by atoms with E-state index in [9.17, 15) is 4.79 Å². The Morgan fingerprint density at radius 2 is 1.71 bits per heavy atom. The number of ether oxygens (including phenoxy) is 1. The summed E-state index contributed by atoms with van der Waals surface area (Å²) in [5.41, 5.74) is 4.88. The van der Waals surface area contributed by atoms with Crippen LogP contribution in [0.5, 0.6) is 5.75 Å². The smallest absolute Gasteiger partial charge is 0.280 e. The van der Waals surface area contributed by atoms with Crippen molar-refractivity contribution in [2.45, 2.75) is 13.8 Å². The zero-order chi connectivity index (χ0) is 22.0. The number of nitrogens with zero attached hydrogens (tertiary/aromatic N) is 2. The van der Waals surface area contributed by atoms with Crippen molar-refractivity contribution in [3.05, 3.63) is 99.3 Å². The molecule has 1 heterocycles. The second-order valence-corrected chi connectivity index (χ2v) is 7.55. The maximum absolute atomic E-state index is 13.5. The summed E-state index contributed by atoms with van der Waals surface area (Å²) in [6.45, 7) is 3.76. The van der Waals surface area contributed by atoms with Crippen molar-refractivity contribution in [1.82, 2.24) is 9.78 Å². The van der Waals surface area contributed by atoms with Crippen LogP contribution in [-0.4, -0.2) is 22.6 Å². The van der Waals surface area contributed by atoms with Crippen molar-refractivity contribution >= 4 is 23.0 Å². The molecule has 31 heavy (non-hydrogen) atoms. The molecule has 4 rings (SSSR count). The molecule has 0 bridgehead atoms. The number of aliphatic imine (C=N–C) groups is 1. The van der Waals surface area contributed by atoms with Crippen molar-refractivity contribution < 1.29 is 4.74 Å². The average Bonchev–Trinajstić information content (AvgIpc) is 3.14. The van der Waals surface area contributed by atoms with Crippen LogP contribution in [0.25, 0.3) is 16.9 Å². The number of aromatic amines is 1. The van der Waals surface area contributed by atoms with E-state index < -0.39 is 0 Å². The van der Waals surface area contributed by atoms with Crippen LogP contribution in [0.3, 0.4) is 0 Å². The minimum atomic E-state index is -0.176. The van der Waals surface area contributed by atoms with E-state index in [1.807, 2.05) is 86.6 Å². The van der Waals surface area contributed by atoms with E-state index in [4.69, 9.17) is 21.3 Å². The van der Waals surface area contributed by atoms with Crippen molar-refractivity contribution in [1.29, 1.82) is 0 Å². The van der Waals surface area contributed by atoms with Crippen molar-refractivity contribution in [3.63, 3.8) is 0 Å². The number of hydrogen-bond donors (Lipinski definition) is 1. The molecule has 0 saturated carbocycles. The molecule has 0 fully saturated rings. The van der Waals surface area contributed by atoms with Crippen LogP contribution in [0.1, 0.15) is 18.1 Å². The van der Waals surface area contributed by atoms with Crippen molar-refractivity contribution in [2.75, 3.05) is 7.11 Å². The SMILES string of the molecule is COc1ccc(-n2[nH]c(-c3ccccc3)c(C(C)=Nc3cccc(Cl)c3C)c2=O)cc1. The Morgan fingerprint density at radius 1 is 1.00 bits per heavy atom. The normalized spacial score (nSPS) is 11.5. The number of hydrogen-bond acceptors (Lipinski definition) is 3. The zero-order valence-electron chi connectivity index (χ0n) is 17.5. The third kappa shape index (κ3) is 4.05. The van der Waals surface area contributed by atoms with E-state index in [0.29, 0.717) is 27.7 Å². The number of H-pyrrole nitrogens is 1. The van der Waals surface area contributed by atoms with Gasteiger partial charge in [-0.15, -0.1) is 0 Å². The van der Waals surface area contributed by atoms with E-state index in [0.717, 1.165) is 22.6 Å². The van der Waals surface area contributed by atoms with Crippen molar-refractivity contribution in [2.24, 2.45) is 4.99 Å². The van der Waals surface area contributed by atoms with Crippen LogP contribution >= 0.6 is 11.6 Å². The molecular weight excluding hydrogens is 410 g/mol. The Hall–Kier alpha value is -3.57. The number of methoxy groups -OCH3 is 1. The van der Waals surface area contributed by atoms with Crippen LogP contribution < -0.4 is 10.3 Å². The third-order valence-corrected chi connectivity index (χ3v) is 5.58. The molecule has 4 aromatic rings. The Balaban J connectivity index is 1.91. The second-order valence-electron chi connectivity index (χ2n) is 7.15. The van der Waals surface area contributed by atoms with Gasteiger partial charge in [-0.2, -0.15) is 0 Å². The molecule has 0 aliphatic rings. The largest absolute Gasteiger partial charge is 0.497 e. The Morgan fingerprint density at radius 3 is 2.39 bits per heavy atom. The maximum Gasteiger partial charge on any atom is 0.280 e. The van der Waals surface area contributed by atoms with Gasteiger partial charge in [-0.05, 0) is 55.8 Å². The maximum atomic E-state index is 13.5. The van der Waals surface area contributed by atoms with Gasteiger partial charge in [-0.1, -0.05) is 48.0 Å². The quantitative estimate of drug-likeness (QED) is 0.397. The van der Waals surface area contributed by atoms with Gasteiger partial charge in [0.1, 0.15) is 5.75 Å². The summed E-state index contributed by atoms with van der Waals surface area (Å²) in [6, 6.07) is 22.6. The molecule has 0 saturated heterocycles. The van der Waals surface area contributed by atoms with Crippen molar-refractivity contribution in [3.8, 4) is 22.7 Å². The van der Waals surface area contributed by atoms with Gasteiger partial charge in [-0.3, -0.25) is 14.9 Å². The molecule has 1 aromatic heterocycles. The van der Waals surface area contributed by atoms with Gasteiger partial charge in [0.2, 0.25) is 0 Å². The van der Waals surface area contributed by atoms with E-state index in [1.54, 1.807) is 7.11 Å². The lowest BCUT2D eigenvalue weighted by Gasteiger charge is -2.05. The first kappa shape index (κ1) is 20.7. The average molecular weight is 432 g/mol. The molecule has 6 heteroatoms. The first-order valence-electron chi connectivity index (χ1n) is 9.85. The van der Waals surface area contributed by atoms with Gasteiger partial charge >= 0.3 is 0 Å². The number of nitrogens with one attached hydrogen (secondary N) is 1. The molecule has 1 N–H and O–H groups in total. The first-order chi connectivity index (χ1) is 15.0. The number of halogens is 1. The fourth-order valence-corrected chi connectivity index (χ4v) is 3.62. The lowest BCUT2D eigenvalue weighted by atomic mass is 10.0. The highest BCUT2D eigenvalue weighted by molar-refractivity contribution is 6.31. The topological polar surface area (TPSA) is 59.4 Å². The van der Waals surface area contributed by atoms with Crippen LogP contribution in [0, 0.1) is 6.92 Å². The molecule has 5 nitrogen and oxygen atoms in total. The lowest BCUT2D eigenvalue weighted by molar-refractivity contribution is 0.414. The molecule has 0 aliphatic carbocycles. The van der Waals surface area contributed by atoms with Gasteiger partial charge in [-0.25, -0.2) is 4.68 Å². The predicted octanol–water partition coefficient (Wildman–Crippen LogP) is 5.94. The highest BCUT2D eigenvalue weighted by Gasteiger charge is 2.19. The minimum absolute atomic E-state index is 0.176. The summed E-state index contributed by atoms with van der Waals surface area (Å²) in [5.74, 6) is 0.723. The highest BCUT2D eigenvalue weighted by Crippen LogP contribution is 2.28. The zero-order valence-corrected chi connectivity index (χ0v) is 18.3. The van der Waals surface area contributed by atoms with E-state index >= 15 is 0 Å². The Bertz CT molecular complexity index is 1300. The predicted molar refractivity (Wildman–Crippen MR) is 126 cm³/mol. The molecular formula is C25H22ClN3O2. The number of aromatic nitrogens is 2. The monoisotopic (exact) mass is 431 g/mol. The molecule has 0 radical (unpaired) electrons. The highest BCUT2D eigenvalue weighted by atomic mass is 35.5. The summed E-state index contributed by atoms with van der Waals surface area (Å²) >= 11 is 6.26. The van der Waals surface area contributed by atoms with E-state index in [-0.39, 0.29) is 5.56 Å². The van der Waals surface area contributed by atoms with Gasteiger partial charge in [0.25, 0.3) is 5.56 Å². The van der Waals surface area contributed by atoms with Gasteiger partial charge in [0, 0.05) is 10.6 Å². The van der Waals surface area contributed by atoms with Crippen LogP contribution in [0.4, 0.5) is 5.69 Å². The van der Waals surface area contributed by atoms with Gasteiger partial charge in [0.15, 0.2) is 0 Å². The summed E-state index contributed by atoms with van der Waals surface area (Å²) < 4.78 is 6.76. The molecule has 0 amide bonds. The number of rotatable bonds is 5. The first-order valence-corrected chi connectivity index (χ1v) is 10.2.